The number of ether oxygens (including phenoxy) is 1. The highest BCUT2D eigenvalue weighted by atomic mass is 35.5. The molecule has 0 heterocycles. The van der Waals surface area contributed by atoms with Crippen molar-refractivity contribution in [3.63, 3.8) is 0 Å². The molecule has 0 aromatic heterocycles. The van der Waals surface area contributed by atoms with Gasteiger partial charge in [-0.3, -0.25) is 10.1 Å². The number of hydrogen-bond donors (Lipinski definition) is 1. The van der Waals surface area contributed by atoms with Gasteiger partial charge >= 0.3 is 5.97 Å². The summed E-state index contributed by atoms with van der Waals surface area (Å²) in [5, 5.41) is 20.2. The van der Waals surface area contributed by atoms with Gasteiger partial charge in [-0.2, -0.15) is 0 Å². The van der Waals surface area contributed by atoms with Crippen LogP contribution in [0.4, 0.5) is 5.69 Å². The third-order valence-corrected chi connectivity index (χ3v) is 3.03. The van der Waals surface area contributed by atoms with Crippen LogP contribution in [-0.4, -0.2) is 16.0 Å². The van der Waals surface area contributed by atoms with Crippen LogP contribution in [0, 0.1) is 10.1 Å². The number of nitro benzene ring substituents is 1. The Morgan fingerprint density at radius 2 is 2.00 bits per heavy atom. The number of aromatic carboxylic acids is 1. The van der Waals surface area contributed by atoms with Gasteiger partial charge in [0.05, 0.1) is 9.95 Å². The van der Waals surface area contributed by atoms with E-state index < -0.39 is 16.6 Å². The first kappa shape index (κ1) is 14.8. The van der Waals surface area contributed by atoms with E-state index in [9.17, 15) is 14.9 Å². The predicted octanol–water partition coefficient (Wildman–Crippen LogP) is 3.53. The van der Waals surface area contributed by atoms with E-state index in [-0.39, 0.29) is 12.2 Å². The van der Waals surface area contributed by atoms with E-state index in [4.69, 9.17) is 21.4 Å². The molecular formula is C14H10ClNO5. The molecule has 0 spiro atoms. The summed E-state index contributed by atoms with van der Waals surface area (Å²) in [7, 11) is 0. The molecule has 108 valence electrons. The lowest BCUT2D eigenvalue weighted by Crippen LogP contribution is -2.05. The van der Waals surface area contributed by atoms with Crippen LogP contribution in [0.25, 0.3) is 0 Å². The summed E-state index contributed by atoms with van der Waals surface area (Å²) in [6.45, 7) is 0.0575. The van der Waals surface area contributed by atoms with Crippen LogP contribution in [0.15, 0.2) is 42.5 Å². The molecule has 2 rings (SSSR count). The van der Waals surface area contributed by atoms with Gasteiger partial charge in [-0.15, -0.1) is 0 Å². The minimum absolute atomic E-state index is 0.0575. The Morgan fingerprint density at radius 1 is 1.29 bits per heavy atom. The number of nitrogens with zero attached hydrogens (tertiary/aromatic N) is 1. The van der Waals surface area contributed by atoms with Crippen molar-refractivity contribution in [2.24, 2.45) is 0 Å². The fraction of sp³-hybridized carbons (Fsp3) is 0.0714. The largest absolute Gasteiger partial charge is 0.487 e. The summed E-state index contributed by atoms with van der Waals surface area (Å²) in [5.74, 6) is -0.907. The highest BCUT2D eigenvalue weighted by Gasteiger charge is 2.20. The Labute approximate surface area is 124 Å². The van der Waals surface area contributed by atoms with Gasteiger partial charge in [-0.25, -0.2) is 4.79 Å². The molecule has 0 aliphatic rings. The van der Waals surface area contributed by atoms with Crippen LogP contribution in [0.3, 0.4) is 0 Å². The van der Waals surface area contributed by atoms with E-state index >= 15 is 0 Å². The van der Waals surface area contributed by atoms with Crippen molar-refractivity contribution in [2.75, 3.05) is 0 Å². The van der Waals surface area contributed by atoms with Crippen molar-refractivity contribution in [1.82, 2.24) is 0 Å². The van der Waals surface area contributed by atoms with Crippen molar-refractivity contribution < 1.29 is 19.6 Å². The fourth-order valence-electron chi connectivity index (χ4n) is 1.73. The van der Waals surface area contributed by atoms with E-state index in [1.165, 1.54) is 12.1 Å². The average molecular weight is 308 g/mol. The Bertz CT molecular complexity index is 702. The van der Waals surface area contributed by atoms with Gasteiger partial charge in [-0.1, -0.05) is 23.7 Å². The second-order valence-corrected chi connectivity index (χ2v) is 4.54. The number of para-hydroxylation sites is 1. The summed E-state index contributed by atoms with van der Waals surface area (Å²) in [4.78, 5) is 21.1. The fourth-order valence-corrected chi connectivity index (χ4v) is 1.92. The van der Waals surface area contributed by atoms with Gasteiger partial charge in [0, 0.05) is 6.07 Å². The van der Waals surface area contributed by atoms with Crippen molar-refractivity contribution in [2.45, 2.75) is 6.61 Å². The van der Waals surface area contributed by atoms with Crippen molar-refractivity contribution in [3.05, 3.63) is 68.7 Å². The zero-order chi connectivity index (χ0) is 15.4. The van der Waals surface area contributed by atoms with Gasteiger partial charge in [0.2, 0.25) is 0 Å². The molecule has 2 aromatic rings. The molecule has 1 N–H and O–H groups in total. The number of rotatable bonds is 5. The van der Waals surface area contributed by atoms with Crippen molar-refractivity contribution >= 4 is 23.3 Å². The van der Waals surface area contributed by atoms with E-state index in [0.717, 1.165) is 6.07 Å². The first-order valence-electron chi connectivity index (χ1n) is 5.87. The van der Waals surface area contributed by atoms with Gasteiger partial charge in [0.1, 0.15) is 17.9 Å². The smallest absolute Gasteiger partial charge is 0.342 e. The van der Waals surface area contributed by atoms with Gasteiger partial charge in [-0.05, 0) is 29.8 Å². The van der Waals surface area contributed by atoms with E-state index in [0.29, 0.717) is 16.3 Å². The van der Waals surface area contributed by atoms with Crippen LogP contribution in [0.2, 0.25) is 5.02 Å². The van der Waals surface area contributed by atoms with Crippen LogP contribution >= 0.6 is 11.6 Å². The second kappa shape index (κ2) is 6.23. The van der Waals surface area contributed by atoms with Crippen molar-refractivity contribution in [3.8, 4) is 5.75 Å². The lowest BCUT2D eigenvalue weighted by atomic mass is 10.1. The quantitative estimate of drug-likeness (QED) is 0.674. The van der Waals surface area contributed by atoms with Crippen molar-refractivity contribution in [1.29, 1.82) is 0 Å². The van der Waals surface area contributed by atoms with Gasteiger partial charge in [0.15, 0.2) is 0 Å². The standard InChI is InChI=1S/C14H10ClNO5/c15-11-3-1-2-4-13(11)21-8-9-5-6-12(16(19)20)10(7-9)14(17)18/h1-7H,8H2,(H,17,18). The molecular weight excluding hydrogens is 298 g/mol. The highest BCUT2D eigenvalue weighted by Crippen LogP contribution is 2.25. The monoisotopic (exact) mass is 307 g/mol. The zero-order valence-electron chi connectivity index (χ0n) is 10.7. The molecule has 0 radical (unpaired) electrons. The minimum atomic E-state index is -1.36. The normalized spacial score (nSPS) is 10.1. The molecule has 21 heavy (non-hydrogen) atoms. The molecule has 0 saturated heterocycles. The van der Waals surface area contributed by atoms with Crippen LogP contribution in [-0.2, 0) is 6.61 Å². The van der Waals surface area contributed by atoms with E-state index in [1.807, 2.05) is 0 Å². The van der Waals surface area contributed by atoms with E-state index in [1.54, 1.807) is 24.3 Å². The highest BCUT2D eigenvalue weighted by molar-refractivity contribution is 6.32. The SMILES string of the molecule is O=C(O)c1cc(COc2ccccc2Cl)ccc1[N+](=O)[O-]. The summed E-state index contributed by atoms with van der Waals surface area (Å²) in [6.07, 6.45) is 0. The van der Waals surface area contributed by atoms with E-state index in [2.05, 4.69) is 0 Å². The van der Waals surface area contributed by atoms with Gasteiger partial charge in [0.25, 0.3) is 5.69 Å². The molecule has 0 saturated carbocycles. The Morgan fingerprint density at radius 3 is 2.62 bits per heavy atom. The Hall–Kier alpha value is -2.60. The lowest BCUT2D eigenvalue weighted by Gasteiger charge is -2.08. The third-order valence-electron chi connectivity index (χ3n) is 2.72. The molecule has 0 fully saturated rings. The first-order valence-corrected chi connectivity index (χ1v) is 6.25. The zero-order valence-corrected chi connectivity index (χ0v) is 11.4. The number of carboxylic acids is 1. The Balaban J connectivity index is 2.22. The summed E-state index contributed by atoms with van der Waals surface area (Å²) >= 11 is 5.93. The molecule has 0 atom stereocenters. The summed E-state index contributed by atoms with van der Waals surface area (Å²) < 4.78 is 5.46. The number of benzene rings is 2. The minimum Gasteiger partial charge on any atom is -0.487 e. The van der Waals surface area contributed by atoms with Gasteiger partial charge < -0.3 is 9.84 Å². The molecule has 6 nitrogen and oxygen atoms in total. The second-order valence-electron chi connectivity index (χ2n) is 4.13. The molecule has 0 unspecified atom stereocenters. The van der Waals surface area contributed by atoms with Crippen LogP contribution in [0.5, 0.6) is 5.75 Å². The maximum absolute atomic E-state index is 11.0. The molecule has 2 aromatic carbocycles. The summed E-state index contributed by atoms with van der Waals surface area (Å²) in [5.41, 5.74) is -0.331. The maximum atomic E-state index is 11.0. The van der Waals surface area contributed by atoms with Crippen LogP contribution in [0.1, 0.15) is 15.9 Å². The molecule has 0 aliphatic carbocycles. The maximum Gasteiger partial charge on any atom is 0.342 e. The first-order chi connectivity index (χ1) is 9.99. The predicted molar refractivity (Wildman–Crippen MR) is 75.8 cm³/mol. The number of halogens is 1. The molecule has 7 heteroatoms. The average Bonchev–Trinajstić information content (AvgIpc) is 2.46. The number of hydrogen-bond acceptors (Lipinski definition) is 4. The summed E-state index contributed by atoms with van der Waals surface area (Å²) in [6, 6.07) is 10.7. The topological polar surface area (TPSA) is 89.7 Å². The Kier molecular flexibility index (Phi) is 4.39. The third kappa shape index (κ3) is 3.49. The lowest BCUT2D eigenvalue weighted by molar-refractivity contribution is -0.385. The number of nitro groups is 1. The molecule has 0 bridgehead atoms. The number of carboxylic acid groups (broad SMARTS) is 1. The molecule has 0 aliphatic heterocycles. The van der Waals surface area contributed by atoms with Crippen LogP contribution < -0.4 is 4.74 Å². The number of carbonyl (C=O) groups is 1. The molecule has 0 amide bonds.